The van der Waals surface area contributed by atoms with E-state index in [2.05, 4.69) is 22.4 Å². The normalized spacial score (nSPS) is 10.6. The van der Waals surface area contributed by atoms with Crippen molar-refractivity contribution in [2.45, 2.75) is 18.4 Å². The van der Waals surface area contributed by atoms with E-state index in [-0.39, 0.29) is 0 Å². The Morgan fingerprint density at radius 1 is 1.28 bits per heavy atom. The average Bonchev–Trinajstić information content (AvgIpc) is 2.85. The molecule has 0 spiro atoms. The second-order valence-corrected chi connectivity index (χ2v) is 5.42. The minimum Gasteiger partial charge on any atom is -0.430 e. The molecule has 0 aliphatic rings. The molecule has 0 aliphatic heterocycles. The third-order valence-corrected chi connectivity index (χ3v) is 3.78. The highest BCUT2D eigenvalue weighted by molar-refractivity contribution is 7.98. The largest absolute Gasteiger partial charge is 0.430 e. The van der Waals surface area contributed by atoms with Gasteiger partial charge < -0.3 is 10.1 Å². The maximum absolute atomic E-state index is 5.65. The van der Waals surface area contributed by atoms with Crippen molar-refractivity contribution >= 4 is 23.1 Å². The molecule has 2 rings (SSSR count). The smallest absolute Gasteiger partial charge is 0.299 e. The summed E-state index contributed by atoms with van der Waals surface area (Å²) >= 11 is 3.17. The van der Waals surface area contributed by atoms with Crippen LogP contribution in [0.2, 0.25) is 0 Å². The maximum atomic E-state index is 5.65. The second kappa shape index (κ2) is 6.72. The molecule has 1 N–H and O–H groups in total. The summed E-state index contributed by atoms with van der Waals surface area (Å²) in [6.45, 7) is 3.72. The van der Waals surface area contributed by atoms with Gasteiger partial charge >= 0.3 is 0 Å². The number of nitrogens with zero attached hydrogens (tertiary/aromatic N) is 2. The van der Waals surface area contributed by atoms with Crippen molar-refractivity contribution in [2.75, 3.05) is 12.8 Å². The molecule has 1 heterocycles. The number of benzene rings is 1. The van der Waals surface area contributed by atoms with Gasteiger partial charge in [0.15, 0.2) is 0 Å². The van der Waals surface area contributed by atoms with Crippen LogP contribution in [0.3, 0.4) is 0 Å². The topological polar surface area (TPSA) is 47.0 Å². The van der Waals surface area contributed by atoms with E-state index in [9.17, 15) is 0 Å². The first kappa shape index (κ1) is 13.3. The molecular weight excluding hydrogens is 266 g/mol. The first-order valence-electron chi connectivity index (χ1n) is 5.67. The molecule has 0 bridgehead atoms. The van der Waals surface area contributed by atoms with E-state index in [1.807, 2.05) is 30.5 Å². The number of hydrogen-bond donors (Lipinski definition) is 1. The molecule has 0 amide bonds. The summed E-state index contributed by atoms with van der Waals surface area (Å²) < 4.78 is 5.65. The summed E-state index contributed by atoms with van der Waals surface area (Å²) in [5.74, 6) is 0.791. The van der Waals surface area contributed by atoms with Gasteiger partial charge in [-0.15, -0.1) is 16.9 Å². The fourth-order valence-corrected chi connectivity index (χ4v) is 2.41. The molecule has 1 aromatic heterocycles. The van der Waals surface area contributed by atoms with Crippen molar-refractivity contribution in [3.8, 4) is 10.9 Å². The van der Waals surface area contributed by atoms with Gasteiger partial charge in [0, 0.05) is 11.4 Å². The summed E-state index contributed by atoms with van der Waals surface area (Å²) in [6, 6.07) is 7.94. The summed E-state index contributed by atoms with van der Waals surface area (Å²) in [7, 11) is 0. The van der Waals surface area contributed by atoms with Crippen molar-refractivity contribution in [1.29, 1.82) is 0 Å². The number of ether oxygens (including phenoxy) is 1. The summed E-state index contributed by atoms with van der Waals surface area (Å²) in [5.41, 5.74) is 0. The number of thioether (sulfide) groups is 1. The highest BCUT2D eigenvalue weighted by Gasteiger charge is 2.05. The van der Waals surface area contributed by atoms with Crippen molar-refractivity contribution in [3.05, 3.63) is 29.3 Å². The van der Waals surface area contributed by atoms with E-state index >= 15 is 0 Å². The van der Waals surface area contributed by atoms with Crippen molar-refractivity contribution < 1.29 is 4.74 Å². The standard InChI is InChI=1S/C12H15N3OS2/c1-3-13-8-11-14-15-12(18-11)16-9-4-6-10(17-2)7-5-9/h4-7,13H,3,8H2,1-2H3. The van der Waals surface area contributed by atoms with E-state index in [1.54, 1.807) is 11.8 Å². The van der Waals surface area contributed by atoms with Crippen LogP contribution >= 0.6 is 23.1 Å². The SMILES string of the molecule is CCNCc1nnc(Oc2ccc(SC)cc2)s1. The molecule has 1 aromatic carbocycles. The van der Waals surface area contributed by atoms with Gasteiger partial charge in [-0.1, -0.05) is 23.4 Å². The van der Waals surface area contributed by atoms with E-state index in [4.69, 9.17) is 4.74 Å². The second-order valence-electron chi connectivity index (χ2n) is 3.52. The zero-order chi connectivity index (χ0) is 12.8. The molecule has 0 atom stereocenters. The van der Waals surface area contributed by atoms with Gasteiger partial charge in [0.2, 0.25) is 0 Å². The predicted octanol–water partition coefficient (Wildman–Crippen LogP) is 3.16. The number of hydrogen-bond acceptors (Lipinski definition) is 6. The Bertz CT molecular complexity index is 484. The highest BCUT2D eigenvalue weighted by Crippen LogP contribution is 2.26. The Labute approximate surface area is 115 Å². The van der Waals surface area contributed by atoms with Crippen molar-refractivity contribution in [3.63, 3.8) is 0 Å². The lowest BCUT2D eigenvalue weighted by Gasteiger charge is -2.01. The molecule has 96 valence electrons. The van der Waals surface area contributed by atoms with Crippen LogP contribution < -0.4 is 10.1 Å². The van der Waals surface area contributed by atoms with Gasteiger partial charge in [0.25, 0.3) is 5.19 Å². The van der Waals surface area contributed by atoms with E-state index < -0.39 is 0 Å². The number of nitrogens with one attached hydrogen (secondary N) is 1. The van der Waals surface area contributed by atoms with E-state index in [0.29, 0.717) is 5.19 Å². The fraction of sp³-hybridized carbons (Fsp3) is 0.333. The van der Waals surface area contributed by atoms with Crippen LogP contribution in [0, 0.1) is 0 Å². The Hall–Kier alpha value is -1.11. The number of rotatable bonds is 6. The van der Waals surface area contributed by atoms with Crippen LogP contribution in [-0.2, 0) is 6.54 Å². The minimum atomic E-state index is 0.583. The molecule has 0 unspecified atom stereocenters. The first-order valence-corrected chi connectivity index (χ1v) is 7.71. The van der Waals surface area contributed by atoms with Crippen LogP contribution in [0.25, 0.3) is 0 Å². The monoisotopic (exact) mass is 281 g/mol. The average molecular weight is 281 g/mol. The Balaban J connectivity index is 1.97. The third-order valence-electron chi connectivity index (χ3n) is 2.24. The van der Waals surface area contributed by atoms with Crippen LogP contribution in [0.4, 0.5) is 0 Å². The maximum Gasteiger partial charge on any atom is 0.299 e. The molecule has 0 fully saturated rings. The van der Waals surface area contributed by atoms with Gasteiger partial charge in [-0.25, -0.2) is 0 Å². The molecule has 2 aromatic rings. The summed E-state index contributed by atoms with van der Waals surface area (Å²) in [4.78, 5) is 1.22. The fourth-order valence-electron chi connectivity index (χ4n) is 1.33. The van der Waals surface area contributed by atoms with Gasteiger partial charge in [-0.3, -0.25) is 0 Å². The molecule has 0 saturated carbocycles. The molecule has 0 aliphatic carbocycles. The van der Waals surface area contributed by atoms with Gasteiger partial charge in [-0.2, -0.15) is 0 Å². The van der Waals surface area contributed by atoms with Gasteiger partial charge in [0.05, 0.1) is 0 Å². The molecule has 0 saturated heterocycles. The molecular formula is C12H15N3OS2. The zero-order valence-corrected chi connectivity index (χ0v) is 12.0. The van der Waals surface area contributed by atoms with Gasteiger partial charge in [0.1, 0.15) is 10.8 Å². The van der Waals surface area contributed by atoms with Crippen LogP contribution in [0.5, 0.6) is 10.9 Å². The molecule has 0 radical (unpaired) electrons. The van der Waals surface area contributed by atoms with Crippen LogP contribution in [-0.4, -0.2) is 23.0 Å². The summed E-state index contributed by atoms with van der Waals surface area (Å²) in [5, 5.41) is 12.8. The number of aromatic nitrogens is 2. The van der Waals surface area contributed by atoms with E-state index in [1.165, 1.54) is 16.2 Å². The lowest BCUT2D eigenvalue weighted by atomic mass is 10.3. The first-order chi connectivity index (χ1) is 8.81. The Kier molecular flexibility index (Phi) is 4.98. The molecule has 6 heteroatoms. The van der Waals surface area contributed by atoms with Crippen molar-refractivity contribution in [2.24, 2.45) is 0 Å². The van der Waals surface area contributed by atoms with E-state index in [0.717, 1.165) is 23.8 Å². The lowest BCUT2D eigenvalue weighted by Crippen LogP contribution is -2.11. The van der Waals surface area contributed by atoms with Crippen LogP contribution in [0.15, 0.2) is 29.2 Å². The lowest BCUT2D eigenvalue weighted by molar-refractivity contribution is 0.472. The van der Waals surface area contributed by atoms with Gasteiger partial charge in [-0.05, 0) is 37.1 Å². The molecule has 4 nitrogen and oxygen atoms in total. The predicted molar refractivity (Wildman–Crippen MR) is 75.6 cm³/mol. The highest BCUT2D eigenvalue weighted by atomic mass is 32.2. The Morgan fingerprint density at radius 2 is 2.06 bits per heavy atom. The minimum absolute atomic E-state index is 0.583. The van der Waals surface area contributed by atoms with Crippen molar-refractivity contribution in [1.82, 2.24) is 15.5 Å². The zero-order valence-electron chi connectivity index (χ0n) is 10.3. The third kappa shape index (κ3) is 3.69. The quantitative estimate of drug-likeness (QED) is 0.824. The molecule has 18 heavy (non-hydrogen) atoms. The Morgan fingerprint density at radius 3 is 2.72 bits per heavy atom. The van der Waals surface area contributed by atoms with Crippen LogP contribution in [0.1, 0.15) is 11.9 Å². The summed E-state index contributed by atoms with van der Waals surface area (Å²) in [6.07, 6.45) is 2.05.